The molecule has 0 aliphatic heterocycles. The van der Waals surface area contributed by atoms with Crippen molar-refractivity contribution in [2.75, 3.05) is 0 Å². The third-order valence-corrected chi connectivity index (χ3v) is 6.24. The molecule has 0 amide bonds. The minimum absolute atomic E-state index is 0.200. The molecule has 0 bridgehead atoms. The van der Waals surface area contributed by atoms with Gasteiger partial charge in [-0.1, -0.05) is 7.38 Å². The molecule has 0 N–H and O–H groups in total. The lowest BCUT2D eigenvalue weighted by molar-refractivity contribution is -0.190. The molecule has 2 nitrogen and oxygen atoms in total. The molecule has 0 fully saturated rings. The van der Waals surface area contributed by atoms with Crippen LogP contribution in [0, 0.1) is 53.5 Å². The van der Waals surface area contributed by atoms with Gasteiger partial charge in [-0.2, -0.15) is 30.7 Å². The molecule has 0 saturated carbocycles. The highest BCUT2D eigenvalue weighted by Gasteiger charge is 2.44. The summed E-state index contributed by atoms with van der Waals surface area (Å²) >= 11 is 0. The van der Waals surface area contributed by atoms with Crippen LogP contribution in [0.5, 0.6) is 11.5 Å². The number of benzene rings is 4. The average molecular weight is 698 g/mol. The topological polar surface area (TPSA) is 18.5 Å². The Hall–Kier alpha value is -4.57. The third-order valence-electron chi connectivity index (χ3n) is 6.24. The summed E-state index contributed by atoms with van der Waals surface area (Å²) in [7, 11) is -0.250. The zero-order chi connectivity index (χ0) is 37.2. The molecule has 0 heterocycles. The van der Waals surface area contributed by atoms with E-state index in [0.29, 0.717) is 12.1 Å². The van der Waals surface area contributed by atoms with Crippen LogP contribution in [0.4, 0.5) is 65.9 Å². The van der Waals surface area contributed by atoms with Crippen molar-refractivity contribution in [2.45, 2.75) is 39.1 Å². The first-order valence-corrected chi connectivity index (χ1v) is 12.2. The molecule has 0 atom stereocenters. The molecule has 0 unspecified atom stereocenters. The lowest BCUT2D eigenvalue weighted by atomic mass is 10.00. The zero-order valence-electron chi connectivity index (χ0n) is 25.0. The molecule has 0 saturated heterocycles. The second kappa shape index (κ2) is 12.9. The standard InChI is InChI=1S/C29H13F15O2.CH4/c1-11-16(30)7-14(8-17(11)31)45-28(41,42)25-18(32)3-12(4-19(25)33)2-13-5-20(34)26(21(35)6-13)29(43,44)46-15-9-22(36)24(23(37)10-15)27(38,39)40;/h3-10H,2H2,1H3;1H4/i;1T2. The largest absolute Gasteiger partial charge is 0.432 e. The van der Waals surface area contributed by atoms with Crippen molar-refractivity contribution in [1.82, 2.24) is 0 Å². The maximum atomic E-state index is 14.6. The van der Waals surface area contributed by atoms with Crippen LogP contribution in [-0.4, -0.2) is 0 Å². The Balaban J connectivity index is 0.00000209. The Bertz CT molecular complexity index is 1750. The van der Waals surface area contributed by atoms with Gasteiger partial charge in [-0.3, -0.25) is 0 Å². The van der Waals surface area contributed by atoms with E-state index in [9.17, 15) is 65.9 Å². The normalized spacial score (nSPS) is 12.6. The van der Waals surface area contributed by atoms with Gasteiger partial charge < -0.3 is 9.47 Å². The van der Waals surface area contributed by atoms with E-state index in [1.54, 1.807) is 0 Å². The summed E-state index contributed by atoms with van der Waals surface area (Å²) in [6.07, 6.45) is -16.4. The number of hydrogen-bond acceptors (Lipinski definition) is 2. The maximum absolute atomic E-state index is 14.6. The Labute approximate surface area is 257 Å². The van der Waals surface area contributed by atoms with Gasteiger partial charge in [0, 0.05) is 32.6 Å². The van der Waals surface area contributed by atoms with Gasteiger partial charge in [0.15, 0.2) is 0 Å². The second-order valence-corrected chi connectivity index (χ2v) is 9.55. The van der Waals surface area contributed by atoms with E-state index in [4.69, 9.17) is 2.74 Å². The zero-order valence-corrected chi connectivity index (χ0v) is 23.0. The number of hydrogen-bond donors (Lipinski definition) is 0. The number of halogens is 15. The fourth-order valence-corrected chi connectivity index (χ4v) is 4.21. The fraction of sp³-hybridized carbons (Fsp3) is 0.200. The van der Waals surface area contributed by atoms with Gasteiger partial charge in [-0.15, -0.1) is 0 Å². The van der Waals surface area contributed by atoms with Crippen molar-refractivity contribution in [2.24, 2.45) is 0 Å². The van der Waals surface area contributed by atoms with Crippen LogP contribution in [0.25, 0.3) is 0 Å². The third kappa shape index (κ3) is 7.71. The molecular weight excluding hydrogens is 677 g/mol. The lowest BCUT2D eigenvalue weighted by Crippen LogP contribution is -2.26. The SMILES string of the molecule is Cc1c(F)cc(OC(F)(F)c2c(F)cc(Cc3cc(F)c(C(F)(F)Oc4cc(F)c(C(F)(F)F)c(F)c4)c(F)c3)cc2F)cc1F.[3H]C[3H]. The van der Waals surface area contributed by atoms with Gasteiger partial charge in [0.2, 0.25) is 0 Å². The van der Waals surface area contributed by atoms with Crippen molar-refractivity contribution < 1.29 is 78.1 Å². The van der Waals surface area contributed by atoms with E-state index in [-0.39, 0.29) is 43.8 Å². The quantitative estimate of drug-likeness (QED) is 0.171. The Morgan fingerprint density at radius 3 is 1.09 bits per heavy atom. The first-order valence-electron chi connectivity index (χ1n) is 13.6. The molecule has 0 radical (unpaired) electrons. The molecule has 4 rings (SSSR count). The Morgan fingerprint density at radius 1 is 0.511 bits per heavy atom. The number of ether oxygens (including phenoxy) is 2. The van der Waals surface area contributed by atoms with Crippen molar-refractivity contribution >= 4 is 0 Å². The van der Waals surface area contributed by atoms with Crippen LogP contribution >= 0.6 is 0 Å². The smallest absolute Gasteiger partial charge is 0.429 e. The summed E-state index contributed by atoms with van der Waals surface area (Å²) in [5, 5.41) is 0. The predicted octanol–water partition coefficient (Wildman–Crippen LogP) is 10.6. The second-order valence-electron chi connectivity index (χ2n) is 9.55. The monoisotopic (exact) mass is 698 g/mol. The van der Waals surface area contributed by atoms with Gasteiger partial charge in [-0.25, -0.2) is 35.1 Å². The molecule has 0 spiro atoms. The van der Waals surface area contributed by atoms with Crippen LogP contribution in [0.2, 0.25) is 0 Å². The Kier molecular flexibility index (Phi) is 9.28. The van der Waals surface area contributed by atoms with E-state index < -0.39 is 116 Å². The summed E-state index contributed by atoms with van der Waals surface area (Å²) < 4.78 is 230. The van der Waals surface area contributed by atoms with Crippen LogP contribution < -0.4 is 9.47 Å². The van der Waals surface area contributed by atoms with Gasteiger partial charge in [-0.05, 0) is 48.7 Å². The van der Waals surface area contributed by atoms with Crippen LogP contribution in [0.15, 0.2) is 48.5 Å². The van der Waals surface area contributed by atoms with Gasteiger partial charge in [0.25, 0.3) is 0 Å². The minimum atomic E-state index is -5.56. The van der Waals surface area contributed by atoms with Crippen molar-refractivity contribution in [1.29, 1.82) is 0 Å². The maximum Gasteiger partial charge on any atom is 0.432 e. The van der Waals surface area contributed by atoms with Crippen molar-refractivity contribution in [3.63, 3.8) is 0 Å². The summed E-state index contributed by atoms with van der Waals surface area (Å²) in [6.45, 7) is 0.975. The minimum Gasteiger partial charge on any atom is -0.429 e. The van der Waals surface area contributed by atoms with Crippen molar-refractivity contribution in [3.8, 4) is 11.5 Å². The molecule has 0 aromatic heterocycles. The average Bonchev–Trinajstić information content (AvgIpc) is 2.89. The highest BCUT2D eigenvalue weighted by Crippen LogP contribution is 2.40. The van der Waals surface area contributed by atoms with Crippen molar-refractivity contribution in [3.05, 3.63) is 128 Å². The van der Waals surface area contributed by atoms with E-state index in [1.807, 2.05) is 0 Å². The molecule has 0 aliphatic carbocycles. The van der Waals surface area contributed by atoms with E-state index in [0.717, 1.165) is 6.92 Å². The molecule has 0 aliphatic rings. The molecule has 254 valence electrons. The summed E-state index contributed by atoms with van der Waals surface area (Å²) in [5.74, 6) is -18.2. The lowest BCUT2D eigenvalue weighted by Gasteiger charge is -2.21. The van der Waals surface area contributed by atoms with Gasteiger partial charge in [0.05, 0.1) is 0 Å². The molecular formula is C30H17F15O2. The highest BCUT2D eigenvalue weighted by molar-refractivity contribution is 5.38. The van der Waals surface area contributed by atoms with Gasteiger partial charge >= 0.3 is 18.4 Å². The molecule has 4 aromatic rings. The van der Waals surface area contributed by atoms with Crippen LogP contribution in [0.1, 0.15) is 43.5 Å². The first-order chi connectivity index (χ1) is 22.5. The van der Waals surface area contributed by atoms with E-state index in [2.05, 4.69) is 9.47 Å². The summed E-state index contributed by atoms with van der Waals surface area (Å²) in [4.78, 5) is 0. The first kappa shape index (κ1) is 33.8. The Morgan fingerprint density at radius 2 is 0.787 bits per heavy atom. The summed E-state index contributed by atoms with van der Waals surface area (Å²) in [6, 6.07) is 0.987. The van der Waals surface area contributed by atoms with Crippen LogP contribution in [-0.2, 0) is 24.8 Å². The molecule has 47 heavy (non-hydrogen) atoms. The van der Waals surface area contributed by atoms with E-state index >= 15 is 0 Å². The van der Waals surface area contributed by atoms with E-state index in [1.165, 1.54) is 0 Å². The number of alkyl halides is 7. The predicted molar refractivity (Wildman–Crippen MR) is 134 cm³/mol. The fourth-order valence-electron chi connectivity index (χ4n) is 4.21. The van der Waals surface area contributed by atoms with Crippen LogP contribution in [0.3, 0.4) is 0 Å². The highest BCUT2D eigenvalue weighted by atomic mass is 19.4. The molecule has 17 heteroatoms. The molecule has 4 aromatic carbocycles. The summed E-state index contributed by atoms with van der Waals surface area (Å²) in [5.41, 5.74) is -8.38. The number of rotatable bonds is 8. The van der Waals surface area contributed by atoms with Gasteiger partial charge in [0.1, 0.15) is 74.7 Å².